The van der Waals surface area contributed by atoms with Gasteiger partial charge in [-0.15, -0.1) is 5.10 Å². The maximum atomic E-state index is 11.2. The molecule has 15 heavy (non-hydrogen) atoms. The lowest BCUT2D eigenvalue weighted by Crippen LogP contribution is -2.24. The molecule has 1 amide bonds. The molecule has 2 N–H and O–H groups in total. The summed E-state index contributed by atoms with van der Waals surface area (Å²) in [6.07, 6.45) is 2.41. The molecule has 2 rings (SSSR count). The first-order chi connectivity index (χ1) is 7.29. The molecule has 0 unspecified atom stereocenters. The molecule has 0 atom stereocenters. The largest absolute Gasteiger partial charge is 0.356 e. The topological polar surface area (TPSA) is 70.7 Å². The van der Waals surface area contributed by atoms with Crippen LogP contribution in [0.1, 0.15) is 31.5 Å². The molecule has 1 aromatic rings. The summed E-state index contributed by atoms with van der Waals surface area (Å²) in [5, 5.41) is 10.4. The second-order valence-corrected chi connectivity index (χ2v) is 4.46. The average molecular weight is 226 g/mol. The third-order valence-corrected chi connectivity index (χ3v) is 3.00. The fraction of sp³-hybridized carbons (Fsp3) is 0.667. The van der Waals surface area contributed by atoms with Crippen molar-refractivity contribution in [1.29, 1.82) is 0 Å². The van der Waals surface area contributed by atoms with E-state index in [1.807, 2.05) is 6.92 Å². The number of aromatic nitrogens is 3. The van der Waals surface area contributed by atoms with E-state index in [2.05, 4.69) is 20.5 Å². The number of thioether (sulfide) groups is 1. The average Bonchev–Trinajstić information content (AvgIpc) is 2.96. The summed E-state index contributed by atoms with van der Waals surface area (Å²) in [6, 6.07) is 0. The molecule has 1 fully saturated rings. The normalized spacial score (nSPS) is 15.3. The van der Waals surface area contributed by atoms with Gasteiger partial charge in [0, 0.05) is 12.5 Å². The van der Waals surface area contributed by atoms with E-state index in [9.17, 15) is 4.79 Å². The molecule has 1 saturated carbocycles. The second-order valence-electron chi connectivity index (χ2n) is 3.52. The first-order valence-corrected chi connectivity index (χ1v) is 6.10. The standard InChI is InChI=1S/C9H14N4OS/c1-2-10-7(14)5-15-9-11-8(12-13-9)6-3-4-6/h6H,2-5H2,1H3,(H,10,14)(H,11,12,13). The van der Waals surface area contributed by atoms with Gasteiger partial charge < -0.3 is 5.32 Å². The van der Waals surface area contributed by atoms with Crippen molar-refractivity contribution in [3.05, 3.63) is 5.82 Å². The zero-order valence-corrected chi connectivity index (χ0v) is 9.43. The van der Waals surface area contributed by atoms with Gasteiger partial charge in [-0.25, -0.2) is 4.98 Å². The summed E-state index contributed by atoms with van der Waals surface area (Å²) in [4.78, 5) is 15.5. The molecule has 82 valence electrons. The summed E-state index contributed by atoms with van der Waals surface area (Å²) in [6.45, 7) is 2.57. The zero-order chi connectivity index (χ0) is 10.7. The fourth-order valence-corrected chi connectivity index (χ4v) is 1.88. The highest BCUT2D eigenvalue weighted by Crippen LogP contribution is 2.38. The molecule has 5 nitrogen and oxygen atoms in total. The van der Waals surface area contributed by atoms with Gasteiger partial charge in [-0.1, -0.05) is 11.8 Å². The Morgan fingerprint density at radius 2 is 2.47 bits per heavy atom. The minimum atomic E-state index is 0.0280. The Morgan fingerprint density at radius 3 is 3.13 bits per heavy atom. The molecule has 0 spiro atoms. The van der Waals surface area contributed by atoms with Gasteiger partial charge in [0.15, 0.2) is 0 Å². The van der Waals surface area contributed by atoms with Crippen LogP contribution in [-0.2, 0) is 4.79 Å². The molecule has 1 aliphatic rings. The molecule has 0 aliphatic heterocycles. The number of hydrogen-bond acceptors (Lipinski definition) is 4. The molecule has 1 aliphatic carbocycles. The smallest absolute Gasteiger partial charge is 0.230 e. The number of amides is 1. The molecule has 1 heterocycles. The highest BCUT2D eigenvalue weighted by atomic mass is 32.2. The van der Waals surface area contributed by atoms with Crippen molar-refractivity contribution in [3.63, 3.8) is 0 Å². The van der Waals surface area contributed by atoms with E-state index in [0.29, 0.717) is 23.4 Å². The summed E-state index contributed by atoms with van der Waals surface area (Å²) < 4.78 is 0. The number of nitrogens with zero attached hydrogens (tertiary/aromatic N) is 2. The van der Waals surface area contributed by atoms with Crippen LogP contribution in [0.5, 0.6) is 0 Å². The summed E-state index contributed by atoms with van der Waals surface area (Å²) >= 11 is 1.37. The van der Waals surface area contributed by atoms with E-state index in [0.717, 1.165) is 5.82 Å². The van der Waals surface area contributed by atoms with Gasteiger partial charge in [-0.2, -0.15) is 0 Å². The van der Waals surface area contributed by atoms with Gasteiger partial charge in [-0.3, -0.25) is 9.89 Å². The molecule has 0 bridgehead atoms. The Balaban J connectivity index is 1.80. The third kappa shape index (κ3) is 2.95. The number of carbonyl (C=O) groups is 1. The van der Waals surface area contributed by atoms with Crippen LogP contribution in [0.15, 0.2) is 5.16 Å². The quantitative estimate of drug-likeness (QED) is 0.732. The number of nitrogens with one attached hydrogen (secondary N) is 2. The molecule has 0 saturated heterocycles. The zero-order valence-electron chi connectivity index (χ0n) is 8.62. The van der Waals surface area contributed by atoms with Crippen molar-refractivity contribution in [3.8, 4) is 0 Å². The van der Waals surface area contributed by atoms with Crippen molar-refractivity contribution in [1.82, 2.24) is 20.5 Å². The summed E-state index contributed by atoms with van der Waals surface area (Å²) in [5.74, 6) is 1.96. The summed E-state index contributed by atoms with van der Waals surface area (Å²) in [7, 11) is 0. The number of rotatable bonds is 5. The maximum absolute atomic E-state index is 11.2. The third-order valence-electron chi connectivity index (χ3n) is 2.15. The number of aromatic amines is 1. The van der Waals surface area contributed by atoms with Gasteiger partial charge in [0.2, 0.25) is 11.1 Å². The highest BCUT2D eigenvalue weighted by Gasteiger charge is 2.27. The van der Waals surface area contributed by atoms with E-state index < -0.39 is 0 Å². The Labute approximate surface area is 92.4 Å². The number of H-pyrrole nitrogens is 1. The molecule has 6 heteroatoms. The summed E-state index contributed by atoms with van der Waals surface area (Å²) in [5.41, 5.74) is 0. The SMILES string of the molecule is CCNC(=O)CSc1n[nH]c(C2CC2)n1. The van der Waals surface area contributed by atoms with Crippen LogP contribution in [-0.4, -0.2) is 33.4 Å². The molecule has 1 aromatic heterocycles. The number of carbonyl (C=O) groups excluding carboxylic acids is 1. The van der Waals surface area contributed by atoms with Crippen LogP contribution >= 0.6 is 11.8 Å². The first kappa shape index (κ1) is 10.5. The number of hydrogen-bond donors (Lipinski definition) is 2. The highest BCUT2D eigenvalue weighted by molar-refractivity contribution is 7.99. The van der Waals surface area contributed by atoms with E-state index in [1.165, 1.54) is 24.6 Å². The Morgan fingerprint density at radius 1 is 1.67 bits per heavy atom. The Kier molecular flexibility index (Phi) is 3.25. The van der Waals surface area contributed by atoms with Crippen LogP contribution in [0, 0.1) is 0 Å². The van der Waals surface area contributed by atoms with Crippen LogP contribution in [0.2, 0.25) is 0 Å². The second kappa shape index (κ2) is 4.65. The fourth-order valence-electron chi connectivity index (χ4n) is 1.24. The predicted molar refractivity (Wildman–Crippen MR) is 57.8 cm³/mol. The lowest BCUT2D eigenvalue weighted by molar-refractivity contribution is -0.118. The van der Waals surface area contributed by atoms with E-state index in [-0.39, 0.29) is 5.91 Å². The van der Waals surface area contributed by atoms with Crippen LogP contribution in [0.25, 0.3) is 0 Å². The minimum absolute atomic E-state index is 0.0280. The minimum Gasteiger partial charge on any atom is -0.356 e. The molecule has 0 radical (unpaired) electrons. The van der Waals surface area contributed by atoms with Gasteiger partial charge in [0.25, 0.3) is 0 Å². The van der Waals surface area contributed by atoms with Crippen molar-refractivity contribution < 1.29 is 4.79 Å². The van der Waals surface area contributed by atoms with E-state index >= 15 is 0 Å². The monoisotopic (exact) mass is 226 g/mol. The maximum Gasteiger partial charge on any atom is 0.230 e. The van der Waals surface area contributed by atoms with E-state index in [1.54, 1.807) is 0 Å². The first-order valence-electron chi connectivity index (χ1n) is 5.11. The van der Waals surface area contributed by atoms with Crippen molar-refractivity contribution in [2.75, 3.05) is 12.3 Å². The molecule has 0 aromatic carbocycles. The van der Waals surface area contributed by atoms with Crippen molar-refractivity contribution >= 4 is 17.7 Å². The van der Waals surface area contributed by atoms with Crippen LogP contribution in [0.3, 0.4) is 0 Å². The van der Waals surface area contributed by atoms with Gasteiger partial charge in [0.1, 0.15) is 5.82 Å². The van der Waals surface area contributed by atoms with Gasteiger partial charge in [0.05, 0.1) is 5.75 Å². The Hall–Kier alpha value is -1.04. The van der Waals surface area contributed by atoms with Crippen LogP contribution in [0.4, 0.5) is 0 Å². The molecular formula is C9H14N4OS. The Bertz CT molecular complexity index is 348. The van der Waals surface area contributed by atoms with Crippen molar-refractivity contribution in [2.24, 2.45) is 0 Å². The lowest BCUT2D eigenvalue weighted by atomic mass is 10.4. The lowest BCUT2D eigenvalue weighted by Gasteiger charge is -1.98. The van der Waals surface area contributed by atoms with Gasteiger partial charge >= 0.3 is 0 Å². The van der Waals surface area contributed by atoms with Crippen molar-refractivity contribution in [2.45, 2.75) is 30.8 Å². The van der Waals surface area contributed by atoms with Crippen LogP contribution < -0.4 is 5.32 Å². The van der Waals surface area contributed by atoms with E-state index in [4.69, 9.17) is 0 Å². The van der Waals surface area contributed by atoms with Gasteiger partial charge in [-0.05, 0) is 19.8 Å². The predicted octanol–water partition coefficient (Wildman–Crippen LogP) is 0.910. The molecular weight excluding hydrogens is 212 g/mol.